The number of benzene rings is 4. The maximum absolute atomic E-state index is 11.8. The Morgan fingerprint density at radius 2 is 1.27 bits per heavy atom. The highest BCUT2D eigenvalue weighted by atomic mass is 16.6. The number of para-hydroxylation sites is 2. The standard InChI is InChI=1S/C35H32N2O5.C2H6/c1-23(2)34(39)42-22-21-41-27-17-13-25(14-18-27)35(24-11-15-26(16-12-24)40-20-19-38)29-8-4-3-7-28(29)32-33(35)37-31-10-6-5-9-30(31)36-32;1-2/h3-18,23,38H,19-22H2,1-2H3;1-2H3. The fourth-order valence-electron chi connectivity index (χ4n) is 5.58. The van der Waals surface area contributed by atoms with Gasteiger partial charge >= 0.3 is 5.97 Å². The number of aliphatic hydroxyl groups excluding tert-OH is 1. The Morgan fingerprint density at radius 3 is 1.86 bits per heavy atom. The molecule has 44 heavy (non-hydrogen) atoms. The Bertz CT molecular complexity index is 1720. The van der Waals surface area contributed by atoms with Gasteiger partial charge in [0.1, 0.15) is 31.3 Å². The van der Waals surface area contributed by atoms with Gasteiger partial charge in [0.05, 0.1) is 40.4 Å². The van der Waals surface area contributed by atoms with Crippen molar-refractivity contribution in [1.29, 1.82) is 0 Å². The number of nitrogens with zero attached hydrogens (tertiary/aromatic N) is 2. The Labute approximate surface area is 258 Å². The molecule has 7 nitrogen and oxygen atoms in total. The highest BCUT2D eigenvalue weighted by molar-refractivity contribution is 5.87. The summed E-state index contributed by atoms with van der Waals surface area (Å²) in [7, 11) is 0. The van der Waals surface area contributed by atoms with Crippen LogP contribution in [0.2, 0.25) is 0 Å². The van der Waals surface area contributed by atoms with Crippen molar-refractivity contribution in [2.75, 3.05) is 26.4 Å². The third-order valence-electron chi connectivity index (χ3n) is 7.51. The van der Waals surface area contributed by atoms with E-state index in [1.54, 1.807) is 13.8 Å². The van der Waals surface area contributed by atoms with Crippen LogP contribution in [0, 0.1) is 5.92 Å². The number of aromatic nitrogens is 2. The lowest BCUT2D eigenvalue weighted by atomic mass is 9.69. The maximum atomic E-state index is 11.8. The van der Waals surface area contributed by atoms with Gasteiger partial charge in [-0.05, 0) is 53.1 Å². The second kappa shape index (κ2) is 13.7. The van der Waals surface area contributed by atoms with Crippen molar-refractivity contribution in [3.63, 3.8) is 0 Å². The molecule has 0 bridgehead atoms. The van der Waals surface area contributed by atoms with Crippen LogP contribution < -0.4 is 9.47 Å². The summed E-state index contributed by atoms with van der Waals surface area (Å²) >= 11 is 0. The molecule has 1 aliphatic carbocycles. The fraction of sp³-hybridized carbons (Fsp3) is 0.270. The lowest BCUT2D eigenvalue weighted by molar-refractivity contribution is -0.148. The van der Waals surface area contributed by atoms with E-state index in [1.165, 1.54) is 0 Å². The van der Waals surface area contributed by atoms with Crippen molar-refractivity contribution >= 4 is 17.0 Å². The Balaban J connectivity index is 0.00000188. The smallest absolute Gasteiger partial charge is 0.308 e. The molecule has 1 aromatic heterocycles. The van der Waals surface area contributed by atoms with Crippen LogP contribution in [0.3, 0.4) is 0 Å². The van der Waals surface area contributed by atoms with E-state index >= 15 is 0 Å². The second-order valence-electron chi connectivity index (χ2n) is 10.5. The highest BCUT2D eigenvalue weighted by Crippen LogP contribution is 2.55. The van der Waals surface area contributed by atoms with E-state index in [1.807, 2.05) is 74.5 Å². The van der Waals surface area contributed by atoms with Crippen LogP contribution in [0.1, 0.15) is 50.1 Å². The summed E-state index contributed by atoms with van der Waals surface area (Å²) < 4.78 is 16.8. The molecular weight excluding hydrogens is 552 g/mol. The van der Waals surface area contributed by atoms with E-state index in [4.69, 9.17) is 24.2 Å². The predicted octanol–water partition coefficient (Wildman–Crippen LogP) is 6.97. The third-order valence-corrected chi connectivity index (χ3v) is 7.51. The lowest BCUT2D eigenvalue weighted by Gasteiger charge is -2.32. The minimum absolute atomic E-state index is 0.0519. The van der Waals surface area contributed by atoms with Gasteiger partial charge in [-0.3, -0.25) is 4.79 Å². The van der Waals surface area contributed by atoms with Crippen LogP contribution in [-0.2, 0) is 14.9 Å². The summed E-state index contributed by atoms with van der Waals surface area (Å²) in [5, 5.41) is 9.21. The van der Waals surface area contributed by atoms with Gasteiger partial charge in [-0.2, -0.15) is 0 Å². The number of carbonyl (C=O) groups excluding carboxylic acids is 1. The van der Waals surface area contributed by atoms with Crippen LogP contribution >= 0.6 is 0 Å². The molecule has 0 radical (unpaired) electrons. The largest absolute Gasteiger partial charge is 0.491 e. The van der Waals surface area contributed by atoms with Crippen molar-refractivity contribution in [1.82, 2.24) is 9.97 Å². The van der Waals surface area contributed by atoms with Gasteiger partial charge in [0, 0.05) is 5.56 Å². The summed E-state index contributed by atoms with van der Waals surface area (Å²) in [6, 6.07) is 32.2. The minimum atomic E-state index is -0.746. The van der Waals surface area contributed by atoms with Crippen molar-refractivity contribution in [2.24, 2.45) is 5.92 Å². The summed E-state index contributed by atoms with van der Waals surface area (Å²) in [4.78, 5) is 22.1. The first-order chi connectivity index (χ1) is 21.5. The molecular formula is C37H38N2O5. The van der Waals surface area contributed by atoms with Crippen LogP contribution in [0.5, 0.6) is 11.5 Å². The molecule has 7 heteroatoms. The minimum Gasteiger partial charge on any atom is -0.491 e. The first kappa shape index (κ1) is 30.7. The summed E-state index contributed by atoms with van der Waals surface area (Å²) in [6.45, 7) is 8.24. The van der Waals surface area contributed by atoms with Crippen molar-refractivity contribution in [3.05, 3.63) is 119 Å². The molecule has 0 amide bonds. The predicted molar refractivity (Wildman–Crippen MR) is 172 cm³/mol. The molecule has 1 atom stereocenters. The lowest BCUT2D eigenvalue weighted by Crippen LogP contribution is -2.29. The molecule has 226 valence electrons. The summed E-state index contributed by atoms with van der Waals surface area (Å²) in [5.41, 5.74) is 6.81. The molecule has 0 aliphatic heterocycles. The number of fused-ring (bicyclic) bond motifs is 4. The summed E-state index contributed by atoms with van der Waals surface area (Å²) in [6.07, 6.45) is 0. The number of rotatable bonds is 10. The Kier molecular flexibility index (Phi) is 9.56. The highest BCUT2D eigenvalue weighted by Gasteiger charge is 2.48. The number of aliphatic hydroxyl groups is 1. The number of carbonyl (C=O) groups is 1. The molecule has 0 saturated carbocycles. The van der Waals surface area contributed by atoms with Gasteiger partial charge in [-0.25, -0.2) is 9.97 Å². The molecule has 4 aromatic carbocycles. The third kappa shape index (κ3) is 5.75. The second-order valence-corrected chi connectivity index (χ2v) is 10.5. The molecule has 0 saturated heterocycles. The average Bonchev–Trinajstić information content (AvgIpc) is 3.36. The van der Waals surface area contributed by atoms with Gasteiger partial charge in [-0.15, -0.1) is 0 Å². The molecule has 1 N–H and O–H groups in total. The molecule has 0 spiro atoms. The normalized spacial score (nSPS) is 14.8. The van der Waals surface area contributed by atoms with Gasteiger partial charge in [0.2, 0.25) is 0 Å². The van der Waals surface area contributed by atoms with Gasteiger partial charge in [-0.1, -0.05) is 88.4 Å². The van der Waals surface area contributed by atoms with Crippen LogP contribution in [0.15, 0.2) is 97.1 Å². The topological polar surface area (TPSA) is 90.8 Å². The maximum Gasteiger partial charge on any atom is 0.308 e. The molecule has 0 fully saturated rings. The number of hydrogen-bond acceptors (Lipinski definition) is 7. The first-order valence-corrected chi connectivity index (χ1v) is 15.1. The fourth-order valence-corrected chi connectivity index (χ4v) is 5.58. The molecule has 5 aromatic rings. The zero-order valence-corrected chi connectivity index (χ0v) is 25.6. The van der Waals surface area contributed by atoms with Gasteiger partial charge in [0.25, 0.3) is 0 Å². The number of ether oxygens (including phenoxy) is 3. The molecule has 1 unspecified atom stereocenters. The molecule has 1 heterocycles. The van der Waals surface area contributed by atoms with E-state index in [-0.39, 0.29) is 38.3 Å². The van der Waals surface area contributed by atoms with E-state index in [0.717, 1.165) is 44.7 Å². The number of hydrogen-bond donors (Lipinski definition) is 1. The van der Waals surface area contributed by atoms with Crippen molar-refractivity contribution in [3.8, 4) is 22.8 Å². The quantitative estimate of drug-likeness (QED) is 0.136. The monoisotopic (exact) mass is 590 g/mol. The van der Waals surface area contributed by atoms with Crippen molar-refractivity contribution < 1.29 is 24.1 Å². The van der Waals surface area contributed by atoms with E-state index < -0.39 is 5.41 Å². The van der Waals surface area contributed by atoms with Crippen LogP contribution in [0.25, 0.3) is 22.3 Å². The van der Waals surface area contributed by atoms with E-state index in [9.17, 15) is 9.90 Å². The van der Waals surface area contributed by atoms with Gasteiger partial charge < -0.3 is 19.3 Å². The van der Waals surface area contributed by atoms with Crippen LogP contribution in [0.4, 0.5) is 0 Å². The Morgan fingerprint density at radius 1 is 0.727 bits per heavy atom. The Hall–Kier alpha value is -4.75. The zero-order valence-electron chi connectivity index (χ0n) is 25.6. The zero-order chi connectivity index (χ0) is 31.1. The number of esters is 1. The van der Waals surface area contributed by atoms with E-state index in [0.29, 0.717) is 11.5 Å². The van der Waals surface area contributed by atoms with Crippen LogP contribution in [-0.4, -0.2) is 47.5 Å². The summed E-state index contributed by atoms with van der Waals surface area (Å²) in [5.74, 6) is 0.948. The molecule has 6 rings (SSSR count). The van der Waals surface area contributed by atoms with Crippen molar-refractivity contribution in [2.45, 2.75) is 33.1 Å². The average molecular weight is 591 g/mol. The van der Waals surface area contributed by atoms with E-state index in [2.05, 4.69) is 36.4 Å². The SMILES string of the molecule is CC.CC(C)C(=O)OCCOc1ccc(C2(c3ccc(OCCO)cc3)c3ccccc3-c3nc4ccccc4nc32)cc1. The van der Waals surface area contributed by atoms with Gasteiger partial charge in [0.15, 0.2) is 0 Å². The first-order valence-electron chi connectivity index (χ1n) is 15.1. The molecule has 1 aliphatic rings.